The molecule has 3 saturated carbocycles. The first-order chi connectivity index (χ1) is 5.52. The zero-order valence-electron chi connectivity index (χ0n) is 7.88. The Hall–Kier alpha value is -0.0800. The first kappa shape index (κ1) is 8.52. The Balaban J connectivity index is 2.24. The second-order valence-corrected chi connectivity index (χ2v) is 5.00. The Kier molecular flexibility index (Phi) is 1.59. The average Bonchev–Trinajstić information content (AvgIpc) is 2.04. The normalized spacial score (nSPS) is 50.0. The number of hydrogen-bond acceptors (Lipinski definition) is 2. The predicted molar refractivity (Wildman–Crippen MR) is 46.6 cm³/mol. The zero-order valence-corrected chi connectivity index (χ0v) is 7.88. The molecule has 0 saturated heterocycles. The largest absolute Gasteiger partial charge is 0.396 e. The molecule has 3 aliphatic carbocycles. The van der Waals surface area contributed by atoms with Crippen molar-refractivity contribution in [3.63, 3.8) is 0 Å². The molecule has 0 amide bonds. The lowest BCUT2D eigenvalue weighted by Gasteiger charge is -2.65. The van der Waals surface area contributed by atoms with Gasteiger partial charge in [0.25, 0.3) is 0 Å². The minimum Gasteiger partial charge on any atom is -0.396 e. The van der Waals surface area contributed by atoms with Crippen LogP contribution in [0.4, 0.5) is 0 Å². The van der Waals surface area contributed by atoms with Crippen molar-refractivity contribution >= 4 is 0 Å². The van der Waals surface area contributed by atoms with E-state index in [4.69, 9.17) is 5.11 Å². The highest BCUT2D eigenvalue weighted by molar-refractivity contribution is 5.14. The van der Waals surface area contributed by atoms with Crippen molar-refractivity contribution in [1.29, 1.82) is 0 Å². The van der Waals surface area contributed by atoms with Crippen LogP contribution in [0.15, 0.2) is 0 Å². The van der Waals surface area contributed by atoms with Crippen molar-refractivity contribution in [2.24, 2.45) is 17.3 Å². The van der Waals surface area contributed by atoms with Crippen molar-refractivity contribution in [1.82, 2.24) is 0 Å². The van der Waals surface area contributed by atoms with E-state index in [1.54, 1.807) is 0 Å². The van der Waals surface area contributed by atoms with Crippen LogP contribution in [-0.2, 0) is 0 Å². The summed E-state index contributed by atoms with van der Waals surface area (Å²) in [6, 6.07) is 0. The fourth-order valence-corrected chi connectivity index (χ4v) is 3.16. The van der Waals surface area contributed by atoms with E-state index in [2.05, 4.69) is 13.8 Å². The Labute approximate surface area is 73.6 Å². The van der Waals surface area contributed by atoms with E-state index in [1.807, 2.05) is 0 Å². The lowest BCUT2D eigenvalue weighted by atomic mass is 9.43. The Morgan fingerprint density at radius 3 is 2.42 bits per heavy atom. The van der Waals surface area contributed by atoms with Crippen LogP contribution in [-0.4, -0.2) is 22.4 Å². The standard InChI is InChI=1S/C10H18O2/c1-9(2)7-3-4-8(6-11)10(9,12)5-7/h7-8,11-12H,3-6H2,1-2H3/t7-,8-,10-/m1/s1. The SMILES string of the molecule is CC1(C)[C@@H]2CC[C@H](CO)[C@]1(O)C2. The van der Waals surface area contributed by atoms with Gasteiger partial charge in [0.1, 0.15) is 0 Å². The molecule has 0 aromatic heterocycles. The Bertz CT molecular complexity index is 200. The highest BCUT2D eigenvalue weighted by atomic mass is 16.3. The van der Waals surface area contributed by atoms with Gasteiger partial charge in [-0.3, -0.25) is 0 Å². The number of hydrogen-bond donors (Lipinski definition) is 2. The van der Waals surface area contributed by atoms with Crippen molar-refractivity contribution in [3.05, 3.63) is 0 Å². The molecule has 2 nitrogen and oxygen atoms in total. The molecule has 0 aliphatic heterocycles. The molecule has 0 heterocycles. The van der Waals surface area contributed by atoms with Crippen molar-refractivity contribution in [2.75, 3.05) is 6.61 Å². The third-order valence-corrected chi connectivity index (χ3v) is 4.45. The summed E-state index contributed by atoms with van der Waals surface area (Å²) in [4.78, 5) is 0. The van der Waals surface area contributed by atoms with Crippen LogP contribution in [0.25, 0.3) is 0 Å². The summed E-state index contributed by atoms with van der Waals surface area (Å²) in [5.74, 6) is 0.808. The van der Waals surface area contributed by atoms with Gasteiger partial charge in [0.15, 0.2) is 0 Å². The molecule has 3 atom stereocenters. The summed E-state index contributed by atoms with van der Waals surface area (Å²) in [5, 5.41) is 19.4. The molecule has 3 fully saturated rings. The smallest absolute Gasteiger partial charge is 0.0753 e. The van der Waals surface area contributed by atoms with Crippen LogP contribution in [0.2, 0.25) is 0 Å². The minimum absolute atomic E-state index is 0.0403. The lowest BCUT2D eigenvalue weighted by molar-refractivity contribution is -0.261. The van der Waals surface area contributed by atoms with Gasteiger partial charge < -0.3 is 10.2 Å². The molecule has 0 radical (unpaired) electrons. The molecule has 2 N–H and O–H groups in total. The van der Waals surface area contributed by atoms with Crippen molar-refractivity contribution in [3.8, 4) is 0 Å². The molecule has 70 valence electrons. The minimum atomic E-state index is -0.565. The Morgan fingerprint density at radius 1 is 1.33 bits per heavy atom. The van der Waals surface area contributed by atoms with E-state index >= 15 is 0 Å². The summed E-state index contributed by atoms with van der Waals surface area (Å²) < 4.78 is 0. The van der Waals surface area contributed by atoms with E-state index in [1.165, 1.54) is 6.42 Å². The maximum absolute atomic E-state index is 10.3. The highest BCUT2D eigenvalue weighted by Gasteiger charge is 2.64. The number of aliphatic hydroxyl groups excluding tert-OH is 1. The van der Waals surface area contributed by atoms with Gasteiger partial charge in [-0.25, -0.2) is 0 Å². The van der Waals surface area contributed by atoms with E-state index in [0.717, 1.165) is 12.8 Å². The summed E-state index contributed by atoms with van der Waals surface area (Å²) >= 11 is 0. The topological polar surface area (TPSA) is 40.5 Å². The third-order valence-electron chi connectivity index (χ3n) is 4.45. The third kappa shape index (κ3) is 0.728. The molecule has 0 spiro atoms. The van der Waals surface area contributed by atoms with E-state index < -0.39 is 5.60 Å². The maximum Gasteiger partial charge on any atom is 0.0753 e. The number of fused-ring (bicyclic) bond motifs is 2. The van der Waals surface area contributed by atoms with E-state index in [9.17, 15) is 5.11 Å². The average molecular weight is 170 g/mol. The second kappa shape index (κ2) is 2.24. The molecule has 12 heavy (non-hydrogen) atoms. The van der Waals surface area contributed by atoms with Gasteiger partial charge in [-0.2, -0.15) is 0 Å². The van der Waals surface area contributed by atoms with Gasteiger partial charge in [0, 0.05) is 12.5 Å². The molecular formula is C10H18O2. The summed E-state index contributed by atoms with van der Waals surface area (Å²) in [6.07, 6.45) is 3.09. The van der Waals surface area contributed by atoms with Gasteiger partial charge in [0.2, 0.25) is 0 Å². The number of aliphatic hydroxyl groups is 2. The molecule has 0 aromatic rings. The van der Waals surface area contributed by atoms with Gasteiger partial charge in [-0.05, 0) is 30.6 Å². The second-order valence-electron chi connectivity index (χ2n) is 5.00. The molecule has 0 aromatic carbocycles. The molecular weight excluding hydrogens is 152 g/mol. The highest BCUT2D eigenvalue weighted by Crippen LogP contribution is 2.63. The van der Waals surface area contributed by atoms with Gasteiger partial charge >= 0.3 is 0 Å². The quantitative estimate of drug-likeness (QED) is 0.620. The molecule has 3 aliphatic rings. The summed E-state index contributed by atoms with van der Waals surface area (Å²) in [6.45, 7) is 4.40. The molecule has 2 bridgehead atoms. The fraction of sp³-hybridized carbons (Fsp3) is 1.00. The van der Waals surface area contributed by atoms with Crippen LogP contribution >= 0.6 is 0 Å². The van der Waals surface area contributed by atoms with Gasteiger partial charge in [-0.1, -0.05) is 13.8 Å². The summed E-state index contributed by atoms with van der Waals surface area (Å²) in [5.41, 5.74) is -0.524. The van der Waals surface area contributed by atoms with Gasteiger partial charge in [0.05, 0.1) is 5.60 Å². The monoisotopic (exact) mass is 170 g/mol. The fourth-order valence-electron chi connectivity index (χ4n) is 3.16. The van der Waals surface area contributed by atoms with Crippen LogP contribution in [0, 0.1) is 17.3 Å². The van der Waals surface area contributed by atoms with Crippen LogP contribution in [0.1, 0.15) is 33.1 Å². The zero-order chi connectivity index (χ0) is 8.98. The van der Waals surface area contributed by atoms with Crippen LogP contribution in [0.5, 0.6) is 0 Å². The maximum atomic E-state index is 10.3. The van der Waals surface area contributed by atoms with E-state index in [0.29, 0.717) is 5.92 Å². The molecule has 3 rings (SSSR count). The number of rotatable bonds is 1. The van der Waals surface area contributed by atoms with Crippen LogP contribution in [0.3, 0.4) is 0 Å². The molecule has 0 unspecified atom stereocenters. The first-order valence-corrected chi connectivity index (χ1v) is 4.85. The Morgan fingerprint density at radius 2 is 2.00 bits per heavy atom. The van der Waals surface area contributed by atoms with Crippen LogP contribution < -0.4 is 0 Å². The van der Waals surface area contributed by atoms with Crippen molar-refractivity contribution in [2.45, 2.75) is 38.7 Å². The van der Waals surface area contributed by atoms with E-state index in [-0.39, 0.29) is 17.9 Å². The predicted octanol–water partition coefficient (Wildman–Crippen LogP) is 1.17. The molecule has 2 heteroatoms. The summed E-state index contributed by atoms with van der Waals surface area (Å²) in [7, 11) is 0. The lowest BCUT2D eigenvalue weighted by Crippen LogP contribution is -2.68. The van der Waals surface area contributed by atoms with Crippen molar-refractivity contribution < 1.29 is 10.2 Å². The van der Waals surface area contributed by atoms with Gasteiger partial charge in [-0.15, -0.1) is 0 Å². The first-order valence-electron chi connectivity index (χ1n) is 4.85.